The number of rotatable bonds is 4. The molecule has 0 fully saturated rings. The molecule has 0 aromatic carbocycles. The molecule has 0 unspecified atom stereocenters. The first-order valence-corrected chi connectivity index (χ1v) is 4.62. The Kier molecular flexibility index (Phi) is 4.08. The van der Waals surface area contributed by atoms with Gasteiger partial charge in [-0.25, -0.2) is 0 Å². The van der Waals surface area contributed by atoms with Crippen molar-refractivity contribution < 1.29 is 24.6 Å². The van der Waals surface area contributed by atoms with Crippen LogP contribution in [0.2, 0.25) is 0 Å². The fourth-order valence-electron chi connectivity index (χ4n) is 0.480. The van der Waals surface area contributed by atoms with Crippen LogP contribution >= 0.6 is 7.60 Å². The lowest BCUT2D eigenvalue weighted by molar-refractivity contribution is -0.0453. The first kappa shape index (κ1) is 10.1. The topological polar surface area (TPSA) is 98.0 Å². The van der Waals surface area contributed by atoms with Gasteiger partial charge in [0.05, 0.1) is 0 Å². The first-order chi connectivity index (χ1) is 4.42. The molecule has 10 heavy (non-hydrogen) atoms. The van der Waals surface area contributed by atoms with Crippen LogP contribution in [0.15, 0.2) is 0 Å². The molecule has 0 aliphatic carbocycles. The van der Waals surface area contributed by atoms with Crippen molar-refractivity contribution in [2.45, 2.75) is 19.1 Å². The zero-order valence-electron chi connectivity index (χ0n) is 5.34. The van der Waals surface area contributed by atoms with Crippen LogP contribution in [0.1, 0.15) is 12.8 Å². The Morgan fingerprint density at radius 3 is 2.10 bits per heavy atom. The van der Waals surface area contributed by atoms with Crippen LogP contribution in [0.3, 0.4) is 0 Å². The van der Waals surface area contributed by atoms with Gasteiger partial charge in [0.2, 0.25) is 0 Å². The van der Waals surface area contributed by atoms with E-state index in [9.17, 15) is 4.57 Å². The number of aliphatic hydroxyl groups is 2. The van der Waals surface area contributed by atoms with Gasteiger partial charge in [-0.15, -0.1) is 0 Å². The molecule has 0 spiro atoms. The van der Waals surface area contributed by atoms with Crippen molar-refractivity contribution in [3.05, 3.63) is 0 Å². The predicted octanol–water partition coefficient (Wildman–Crippen LogP) is -0.745. The Hall–Kier alpha value is 0.0700. The van der Waals surface area contributed by atoms with E-state index >= 15 is 0 Å². The van der Waals surface area contributed by atoms with Crippen molar-refractivity contribution in [2.24, 2.45) is 0 Å². The molecule has 6 heteroatoms. The maximum atomic E-state index is 10.1. The van der Waals surface area contributed by atoms with Gasteiger partial charge in [0.25, 0.3) is 0 Å². The van der Waals surface area contributed by atoms with E-state index in [-0.39, 0.29) is 19.0 Å². The minimum atomic E-state index is -3.94. The predicted molar refractivity (Wildman–Crippen MR) is 34.4 cm³/mol. The summed E-state index contributed by atoms with van der Waals surface area (Å²) in [5.41, 5.74) is 0. The Bertz CT molecular complexity index is 128. The summed E-state index contributed by atoms with van der Waals surface area (Å²) in [6.45, 7) is 0. The minimum Gasteiger partial charge on any atom is -0.368 e. The molecule has 0 aliphatic heterocycles. The second kappa shape index (κ2) is 4.05. The molecule has 0 rings (SSSR count). The summed E-state index contributed by atoms with van der Waals surface area (Å²) in [4.78, 5) is 16.6. The highest BCUT2D eigenvalue weighted by Crippen LogP contribution is 2.35. The smallest absolute Gasteiger partial charge is 0.325 e. The fraction of sp³-hybridized carbons (Fsp3) is 1.00. The highest BCUT2D eigenvalue weighted by Gasteiger charge is 2.12. The molecule has 0 atom stereocenters. The van der Waals surface area contributed by atoms with Gasteiger partial charge in [0.1, 0.15) is 0 Å². The maximum Gasteiger partial charge on any atom is 0.325 e. The molecule has 0 aliphatic rings. The quantitative estimate of drug-likeness (QED) is 0.329. The number of hydrogen-bond donors (Lipinski definition) is 4. The lowest BCUT2D eigenvalue weighted by atomic mass is 10.3. The molecular formula is C4H11O5P. The Morgan fingerprint density at radius 2 is 1.80 bits per heavy atom. The van der Waals surface area contributed by atoms with Gasteiger partial charge in [0.15, 0.2) is 6.29 Å². The van der Waals surface area contributed by atoms with E-state index in [2.05, 4.69) is 0 Å². The van der Waals surface area contributed by atoms with Crippen molar-refractivity contribution in [1.82, 2.24) is 0 Å². The van der Waals surface area contributed by atoms with Crippen LogP contribution in [0.4, 0.5) is 0 Å². The van der Waals surface area contributed by atoms with Crippen molar-refractivity contribution >= 4 is 7.60 Å². The van der Waals surface area contributed by atoms with Gasteiger partial charge in [-0.2, -0.15) is 0 Å². The summed E-state index contributed by atoms with van der Waals surface area (Å²) in [6.07, 6.45) is -1.62. The van der Waals surface area contributed by atoms with Gasteiger partial charge >= 0.3 is 7.60 Å². The van der Waals surface area contributed by atoms with Crippen LogP contribution in [-0.4, -0.2) is 32.5 Å². The molecule has 62 valence electrons. The van der Waals surface area contributed by atoms with Gasteiger partial charge < -0.3 is 20.0 Å². The van der Waals surface area contributed by atoms with E-state index in [0.717, 1.165) is 0 Å². The molecule has 0 aromatic heterocycles. The number of aliphatic hydroxyl groups excluding tert-OH is 1. The summed E-state index contributed by atoms with van der Waals surface area (Å²) in [7, 11) is -3.94. The summed E-state index contributed by atoms with van der Waals surface area (Å²) >= 11 is 0. The molecule has 0 saturated heterocycles. The average Bonchev–Trinajstić information content (AvgIpc) is 1.59. The summed E-state index contributed by atoms with van der Waals surface area (Å²) in [5.74, 6) is 0. The van der Waals surface area contributed by atoms with Crippen LogP contribution in [0.25, 0.3) is 0 Å². The first-order valence-electron chi connectivity index (χ1n) is 2.82. The Morgan fingerprint density at radius 1 is 1.30 bits per heavy atom. The zero-order valence-corrected chi connectivity index (χ0v) is 6.24. The summed E-state index contributed by atoms with van der Waals surface area (Å²) in [6, 6.07) is 0. The Balaban J connectivity index is 3.30. The van der Waals surface area contributed by atoms with Crippen LogP contribution in [0, 0.1) is 0 Å². The standard InChI is InChI=1S/C4H11O5P/c5-4(6)2-1-3-10(7,8)9/h4-6H,1-3H2,(H2,7,8,9). The lowest BCUT2D eigenvalue weighted by Gasteiger charge is -2.03. The van der Waals surface area contributed by atoms with Gasteiger partial charge in [0, 0.05) is 6.16 Å². The average molecular weight is 170 g/mol. The number of hydrogen-bond acceptors (Lipinski definition) is 3. The van der Waals surface area contributed by atoms with Crippen molar-refractivity contribution in [2.75, 3.05) is 6.16 Å². The third kappa shape index (κ3) is 8.07. The molecular weight excluding hydrogens is 159 g/mol. The van der Waals surface area contributed by atoms with E-state index < -0.39 is 13.9 Å². The van der Waals surface area contributed by atoms with Gasteiger partial charge in [-0.05, 0) is 12.8 Å². The lowest BCUT2D eigenvalue weighted by Crippen LogP contribution is -2.04. The van der Waals surface area contributed by atoms with Crippen LogP contribution in [0.5, 0.6) is 0 Å². The third-order valence-electron chi connectivity index (χ3n) is 0.912. The Labute approximate surface area is 58.5 Å². The van der Waals surface area contributed by atoms with Crippen molar-refractivity contribution in [1.29, 1.82) is 0 Å². The maximum absolute atomic E-state index is 10.1. The van der Waals surface area contributed by atoms with Crippen molar-refractivity contribution in [3.63, 3.8) is 0 Å². The van der Waals surface area contributed by atoms with Gasteiger partial charge in [-0.3, -0.25) is 4.57 Å². The second-order valence-electron chi connectivity index (χ2n) is 2.01. The van der Waals surface area contributed by atoms with E-state index in [4.69, 9.17) is 20.0 Å². The van der Waals surface area contributed by atoms with Gasteiger partial charge in [-0.1, -0.05) is 0 Å². The molecule has 5 nitrogen and oxygen atoms in total. The molecule has 0 amide bonds. The second-order valence-corrected chi connectivity index (χ2v) is 3.79. The van der Waals surface area contributed by atoms with E-state index in [1.165, 1.54) is 0 Å². The minimum absolute atomic E-state index is 0.00507. The van der Waals surface area contributed by atoms with Crippen LogP contribution in [-0.2, 0) is 4.57 Å². The van der Waals surface area contributed by atoms with Crippen LogP contribution < -0.4 is 0 Å². The SMILES string of the molecule is O=P(O)(O)CCCC(O)O. The molecule has 0 bridgehead atoms. The van der Waals surface area contributed by atoms with E-state index in [1.807, 2.05) is 0 Å². The summed E-state index contributed by atoms with van der Waals surface area (Å²) in [5, 5.41) is 16.5. The highest BCUT2D eigenvalue weighted by atomic mass is 31.2. The highest BCUT2D eigenvalue weighted by molar-refractivity contribution is 7.51. The van der Waals surface area contributed by atoms with E-state index in [0.29, 0.717) is 0 Å². The normalized spacial score (nSPS) is 12.5. The monoisotopic (exact) mass is 170 g/mol. The molecule has 0 saturated carbocycles. The largest absolute Gasteiger partial charge is 0.368 e. The third-order valence-corrected chi connectivity index (χ3v) is 1.81. The molecule has 0 heterocycles. The summed E-state index contributed by atoms with van der Waals surface area (Å²) < 4.78 is 10.1. The fourth-order valence-corrected chi connectivity index (χ4v) is 1.07. The van der Waals surface area contributed by atoms with E-state index in [1.54, 1.807) is 0 Å². The zero-order chi connectivity index (χ0) is 8.20. The van der Waals surface area contributed by atoms with Crippen molar-refractivity contribution in [3.8, 4) is 0 Å². The molecule has 0 radical (unpaired) electrons. The molecule has 0 aromatic rings. The molecule has 4 N–H and O–H groups in total.